The van der Waals surface area contributed by atoms with Gasteiger partial charge in [0.2, 0.25) is 11.8 Å². The van der Waals surface area contributed by atoms with Crippen LogP contribution in [0.2, 0.25) is 0 Å². The van der Waals surface area contributed by atoms with Gasteiger partial charge in [-0.1, -0.05) is 50.2 Å². The first kappa shape index (κ1) is 23.9. The monoisotopic (exact) mass is 464 g/mol. The first-order chi connectivity index (χ1) is 16.3. The lowest BCUT2D eigenvalue weighted by Crippen LogP contribution is -2.57. The summed E-state index contributed by atoms with van der Waals surface area (Å²) in [5.41, 5.74) is 3.24. The molecular formula is C26H32N4O4. The predicted octanol–water partition coefficient (Wildman–Crippen LogP) is 3.24. The Hall–Kier alpha value is -3.26. The van der Waals surface area contributed by atoms with Crippen LogP contribution in [0.1, 0.15) is 37.0 Å². The number of carbonyl (C=O) groups excluding carboxylic acids is 2. The standard InChI is InChI=1S/C26H32N4O4/c1-19(2)14-25(31)29-18-22-8-4-3-7-21(22)16-24(29)26(32)28-12-10-27(11-13-28)17-20-6-5-9-23(15-20)30(33)34/h3-9,15,19,24H,10-14,16-18H2,1-2H3. The first-order valence-electron chi connectivity index (χ1n) is 11.9. The van der Waals surface area contributed by atoms with Gasteiger partial charge in [-0.05, 0) is 22.6 Å². The van der Waals surface area contributed by atoms with E-state index in [9.17, 15) is 19.7 Å². The quantitative estimate of drug-likeness (QED) is 0.484. The van der Waals surface area contributed by atoms with Gasteiger partial charge in [0, 0.05) is 64.2 Å². The highest BCUT2D eigenvalue weighted by molar-refractivity contribution is 5.88. The largest absolute Gasteiger partial charge is 0.338 e. The van der Waals surface area contributed by atoms with Gasteiger partial charge in [0.1, 0.15) is 6.04 Å². The minimum Gasteiger partial charge on any atom is -0.338 e. The van der Waals surface area contributed by atoms with Crippen LogP contribution in [-0.4, -0.2) is 63.7 Å². The molecule has 4 rings (SSSR count). The summed E-state index contributed by atoms with van der Waals surface area (Å²) in [5, 5.41) is 11.0. The fourth-order valence-corrected chi connectivity index (χ4v) is 4.84. The van der Waals surface area contributed by atoms with Gasteiger partial charge in [-0.25, -0.2) is 0 Å². The second-order valence-corrected chi connectivity index (χ2v) is 9.64. The first-order valence-corrected chi connectivity index (χ1v) is 11.9. The molecule has 1 atom stereocenters. The number of nitro groups is 1. The smallest absolute Gasteiger partial charge is 0.269 e. The molecule has 1 fully saturated rings. The van der Waals surface area contributed by atoms with Crippen LogP contribution in [0.4, 0.5) is 5.69 Å². The van der Waals surface area contributed by atoms with Gasteiger partial charge in [-0.2, -0.15) is 0 Å². The molecule has 0 bridgehead atoms. The number of hydrogen-bond donors (Lipinski definition) is 0. The summed E-state index contributed by atoms with van der Waals surface area (Å²) < 4.78 is 0. The van der Waals surface area contributed by atoms with Crippen LogP contribution in [0.5, 0.6) is 0 Å². The minimum absolute atomic E-state index is 0.0154. The summed E-state index contributed by atoms with van der Waals surface area (Å²) in [4.78, 5) is 43.2. The van der Waals surface area contributed by atoms with Gasteiger partial charge >= 0.3 is 0 Å². The molecule has 0 aromatic heterocycles. The average molecular weight is 465 g/mol. The second-order valence-electron chi connectivity index (χ2n) is 9.64. The van der Waals surface area contributed by atoms with Crippen LogP contribution in [-0.2, 0) is 29.1 Å². The predicted molar refractivity (Wildman–Crippen MR) is 129 cm³/mol. The number of hydrogen-bond acceptors (Lipinski definition) is 5. The highest BCUT2D eigenvalue weighted by Gasteiger charge is 2.37. The van der Waals surface area contributed by atoms with Crippen LogP contribution in [0.3, 0.4) is 0 Å². The van der Waals surface area contributed by atoms with Crippen molar-refractivity contribution < 1.29 is 14.5 Å². The number of benzene rings is 2. The molecule has 0 radical (unpaired) electrons. The lowest BCUT2D eigenvalue weighted by Gasteiger charge is -2.41. The zero-order valence-electron chi connectivity index (χ0n) is 19.9. The Kier molecular flexibility index (Phi) is 7.26. The number of non-ortho nitro benzene ring substituents is 1. The average Bonchev–Trinajstić information content (AvgIpc) is 2.83. The molecule has 8 nitrogen and oxygen atoms in total. The van der Waals surface area contributed by atoms with Crippen molar-refractivity contribution in [2.24, 2.45) is 5.92 Å². The van der Waals surface area contributed by atoms with E-state index in [2.05, 4.69) is 11.0 Å². The van der Waals surface area contributed by atoms with Crippen molar-refractivity contribution in [1.29, 1.82) is 0 Å². The maximum Gasteiger partial charge on any atom is 0.269 e. The van der Waals surface area contributed by atoms with E-state index >= 15 is 0 Å². The molecule has 34 heavy (non-hydrogen) atoms. The topological polar surface area (TPSA) is 87.0 Å². The van der Waals surface area contributed by atoms with E-state index in [1.165, 1.54) is 6.07 Å². The Labute approximate surface area is 200 Å². The molecule has 1 unspecified atom stereocenters. The van der Waals surface area contributed by atoms with Crippen LogP contribution >= 0.6 is 0 Å². The third kappa shape index (κ3) is 5.44. The summed E-state index contributed by atoms with van der Waals surface area (Å²) in [6, 6.07) is 14.3. The molecule has 0 N–H and O–H groups in total. The number of fused-ring (bicyclic) bond motifs is 1. The van der Waals surface area contributed by atoms with Crippen molar-refractivity contribution in [1.82, 2.24) is 14.7 Å². The van der Waals surface area contributed by atoms with Crippen LogP contribution in [0.15, 0.2) is 48.5 Å². The highest BCUT2D eigenvalue weighted by Crippen LogP contribution is 2.26. The number of nitro benzene ring substituents is 1. The molecule has 0 aliphatic carbocycles. The fourth-order valence-electron chi connectivity index (χ4n) is 4.84. The Morgan fingerprint density at radius 2 is 1.74 bits per heavy atom. The lowest BCUT2D eigenvalue weighted by atomic mass is 9.92. The van der Waals surface area contributed by atoms with E-state index in [4.69, 9.17) is 0 Å². The molecular weight excluding hydrogens is 432 g/mol. The molecule has 180 valence electrons. The molecule has 2 aliphatic rings. The Balaban J connectivity index is 1.42. The Morgan fingerprint density at radius 3 is 2.41 bits per heavy atom. The highest BCUT2D eigenvalue weighted by atomic mass is 16.6. The van der Waals surface area contributed by atoms with E-state index in [-0.39, 0.29) is 28.3 Å². The molecule has 2 aromatic carbocycles. The molecule has 8 heteroatoms. The fraction of sp³-hybridized carbons (Fsp3) is 0.462. The van der Waals surface area contributed by atoms with E-state index in [1.807, 2.05) is 43.0 Å². The molecule has 1 saturated heterocycles. The van der Waals surface area contributed by atoms with Crippen molar-refractivity contribution in [3.8, 4) is 0 Å². The van der Waals surface area contributed by atoms with Crippen molar-refractivity contribution >= 4 is 17.5 Å². The number of amides is 2. The summed E-state index contributed by atoms with van der Waals surface area (Å²) in [7, 11) is 0. The summed E-state index contributed by atoms with van der Waals surface area (Å²) >= 11 is 0. The van der Waals surface area contributed by atoms with Gasteiger partial charge in [-0.3, -0.25) is 24.6 Å². The van der Waals surface area contributed by atoms with E-state index in [0.717, 1.165) is 16.7 Å². The number of nitrogens with zero attached hydrogens (tertiary/aromatic N) is 4. The Morgan fingerprint density at radius 1 is 1.03 bits per heavy atom. The maximum atomic E-state index is 13.6. The van der Waals surface area contributed by atoms with Crippen molar-refractivity contribution in [2.45, 2.75) is 45.8 Å². The molecule has 2 heterocycles. The zero-order valence-corrected chi connectivity index (χ0v) is 19.9. The lowest BCUT2D eigenvalue weighted by molar-refractivity contribution is -0.384. The van der Waals surface area contributed by atoms with Crippen molar-refractivity contribution in [2.75, 3.05) is 26.2 Å². The third-order valence-electron chi connectivity index (χ3n) is 6.65. The molecule has 0 saturated carbocycles. The maximum absolute atomic E-state index is 13.6. The molecule has 2 amide bonds. The van der Waals surface area contributed by atoms with Gasteiger partial charge in [-0.15, -0.1) is 0 Å². The minimum atomic E-state index is -0.468. The van der Waals surface area contributed by atoms with Crippen molar-refractivity contribution in [3.05, 3.63) is 75.3 Å². The van der Waals surface area contributed by atoms with Gasteiger partial charge in [0.05, 0.1) is 4.92 Å². The van der Waals surface area contributed by atoms with Gasteiger partial charge in [0.25, 0.3) is 5.69 Å². The summed E-state index contributed by atoms with van der Waals surface area (Å²) in [6.07, 6.45) is 0.982. The summed E-state index contributed by atoms with van der Waals surface area (Å²) in [5.74, 6) is 0.284. The second kappa shape index (κ2) is 10.3. The van der Waals surface area contributed by atoms with E-state index < -0.39 is 6.04 Å². The SMILES string of the molecule is CC(C)CC(=O)N1Cc2ccccc2CC1C(=O)N1CCN(Cc2cccc([N+](=O)[O-])c2)CC1. The molecule has 0 spiro atoms. The Bertz CT molecular complexity index is 1060. The van der Waals surface area contributed by atoms with Crippen molar-refractivity contribution in [3.63, 3.8) is 0 Å². The number of piperazine rings is 1. The molecule has 2 aromatic rings. The van der Waals surface area contributed by atoms with Crippen LogP contribution < -0.4 is 0 Å². The van der Waals surface area contributed by atoms with Gasteiger partial charge < -0.3 is 9.80 Å². The zero-order chi connectivity index (χ0) is 24.2. The third-order valence-corrected chi connectivity index (χ3v) is 6.65. The van der Waals surface area contributed by atoms with Crippen LogP contribution in [0.25, 0.3) is 0 Å². The number of rotatable bonds is 6. The molecule has 2 aliphatic heterocycles. The van der Waals surface area contributed by atoms with E-state index in [0.29, 0.717) is 52.1 Å². The number of carbonyl (C=O) groups is 2. The van der Waals surface area contributed by atoms with Gasteiger partial charge in [0.15, 0.2) is 0 Å². The summed E-state index contributed by atoms with van der Waals surface area (Å²) in [6.45, 7) is 7.68. The van der Waals surface area contributed by atoms with Crippen LogP contribution in [0, 0.1) is 16.0 Å². The normalized spacial score (nSPS) is 18.6. The van der Waals surface area contributed by atoms with E-state index in [1.54, 1.807) is 17.0 Å².